The van der Waals surface area contributed by atoms with Crippen molar-refractivity contribution >= 4 is 0 Å². The molecule has 0 heterocycles. The van der Waals surface area contributed by atoms with Gasteiger partial charge in [-0.1, -0.05) is 5.92 Å². The van der Waals surface area contributed by atoms with Crippen LogP contribution in [0.4, 0.5) is 8.78 Å². The molecule has 2 heteroatoms. The van der Waals surface area contributed by atoms with E-state index < -0.39 is 11.6 Å². The Bertz CT molecular complexity index is 323. The molecule has 1 rings (SSSR count). The van der Waals surface area contributed by atoms with Crippen molar-refractivity contribution in [3.05, 3.63) is 35.4 Å². The van der Waals surface area contributed by atoms with Crippen LogP contribution in [-0.4, -0.2) is 0 Å². The Kier molecular flexibility index (Phi) is 2.44. The summed E-state index contributed by atoms with van der Waals surface area (Å²) in [6.45, 7) is 1.65. The summed E-state index contributed by atoms with van der Waals surface area (Å²) in [5.41, 5.74) is 0.234. The Morgan fingerprint density at radius 1 is 1.42 bits per heavy atom. The average molecular weight is 166 g/mol. The van der Waals surface area contributed by atoms with E-state index in [0.29, 0.717) is 0 Å². The molecular weight excluding hydrogens is 158 g/mol. The van der Waals surface area contributed by atoms with E-state index in [1.807, 2.05) is 0 Å². The van der Waals surface area contributed by atoms with Crippen molar-refractivity contribution in [3.63, 3.8) is 0 Å². The molecule has 0 aliphatic rings. The third-order valence-electron chi connectivity index (χ3n) is 1.67. The van der Waals surface area contributed by atoms with Crippen molar-refractivity contribution in [1.29, 1.82) is 0 Å². The zero-order chi connectivity index (χ0) is 9.14. The van der Waals surface area contributed by atoms with E-state index in [4.69, 9.17) is 6.42 Å². The summed E-state index contributed by atoms with van der Waals surface area (Å²) in [4.78, 5) is 0. The average Bonchev–Trinajstić information content (AvgIpc) is 2.08. The highest BCUT2D eigenvalue weighted by Crippen LogP contribution is 2.18. The van der Waals surface area contributed by atoms with Crippen LogP contribution in [0.25, 0.3) is 0 Å². The fourth-order valence-electron chi connectivity index (χ4n) is 0.936. The second-order valence-corrected chi connectivity index (χ2v) is 2.55. The lowest BCUT2D eigenvalue weighted by Crippen LogP contribution is -1.95. The highest BCUT2D eigenvalue weighted by Gasteiger charge is 2.08. The fourth-order valence-corrected chi connectivity index (χ4v) is 0.936. The third kappa shape index (κ3) is 1.62. The van der Waals surface area contributed by atoms with Gasteiger partial charge in [-0.05, 0) is 25.1 Å². The molecule has 0 saturated heterocycles. The van der Waals surface area contributed by atoms with E-state index in [1.165, 1.54) is 0 Å². The van der Waals surface area contributed by atoms with Gasteiger partial charge in [0.1, 0.15) is 11.6 Å². The topological polar surface area (TPSA) is 0 Å². The summed E-state index contributed by atoms with van der Waals surface area (Å²) in [6, 6.07) is 3.28. The van der Waals surface area contributed by atoms with Crippen LogP contribution in [-0.2, 0) is 0 Å². The molecule has 0 radical (unpaired) electrons. The molecule has 0 saturated carbocycles. The normalized spacial score (nSPS) is 12.2. The number of halogens is 2. The first kappa shape index (κ1) is 8.73. The van der Waals surface area contributed by atoms with E-state index in [2.05, 4.69) is 5.92 Å². The molecule has 0 fully saturated rings. The monoisotopic (exact) mass is 166 g/mol. The van der Waals surface area contributed by atoms with Gasteiger partial charge in [-0.3, -0.25) is 0 Å². The van der Waals surface area contributed by atoms with Gasteiger partial charge in [0.2, 0.25) is 0 Å². The van der Waals surface area contributed by atoms with Gasteiger partial charge < -0.3 is 0 Å². The second-order valence-electron chi connectivity index (χ2n) is 2.55. The Morgan fingerprint density at radius 3 is 2.67 bits per heavy atom. The highest BCUT2D eigenvalue weighted by atomic mass is 19.1. The molecule has 0 amide bonds. The Balaban J connectivity index is 3.15. The van der Waals surface area contributed by atoms with Crippen LogP contribution in [0.15, 0.2) is 18.2 Å². The summed E-state index contributed by atoms with van der Waals surface area (Å²) < 4.78 is 25.6. The maximum absolute atomic E-state index is 12.9. The smallest absolute Gasteiger partial charge is 0.127 e. The van der Waals surface area contributed by atoms with Crippen molar-refractivity contribution in [1.82, 2.24) is 0 Å². The quantitative estimate of drug-likeness (QED) is 0.563. The number of rotatable bonds is 1. The largest absolute Gasteiger partial charge is 0.207 e. The van der Waals surface area contributed by atoms with Crippen molar-refractivity contribution in [2.45, 2.75) is 12.8 Å². The SMILES string of the molecule is C#CC(C)c1cc(F)ccc1F. The molecule has 0 aliphatic carbocycles. The van der Waals surface area contributed by atoms with Gasteiger partial charge in [0.05, 0.1) is 0 Å². The van der Waals surface area contributed by atoms with E-state index in [9.17, 15) is 8.78 Å². The highest BCUT2D eigenvalue weighted by molar-refractivity contribution is 5.27. The first-order valence-corrected chi connectivity index (χ1v) is 3.56. The van der Waals surface area contributed by atoms with Gasteiger partial charge in [-0.15, -0.1) is 6.42 Å². The molecule has 0 aromatic heterocycles. The lowest BCUT2D eigenvalue weighted by molar-refractivity contribution is 0.582. The number of terminal acetylenes is 1. The Labute approximate surface area is 70.2 Å². The first-order valence-electron chi connectivity index (χ1n) is 3.56. The predicted molar refractivity (Wildman–Crippen MR) is 43.6 cm³/mol. The zero-order valence-electron chi connectivity index (χ0n) is 6.64. The molecule has 0 bridgehead atoms. The van der Waals surface area contributed by atoms with Crippen molar-refractivity contribution in [3.8, 4) is 12.3 Å². The number of hydrogen-bond acceptors (Lipinski definition) is 0. The van der Waals surface area contributed by atoms with Crippen LogP contribution >= 0.6 is 0 Å². The van der Waals surface area contributed by atoms with Gasteiger partial charge in [0.15, 0.2) is 0 Å². The molecule has 0 spiro atoms. The standard InChI is InChI=1S/C10H8F2/c1-3-7(2)9-6-8(11)4-5-10(9)12/h1,4-7H,2H3. The van der Waals surface area contributed by atoms with Crippen molar-refractivity contribution < 1.29 is 8.78 Å². The predicted octanol–water partition coefficient (Wildman–Crippen LogP) is 2.70. The Morgan fingerprint density at radius 2 is 2.08 bits per heavy atom. The van der Waals surface area contributed by atoms with Gasteiger partial charge in [-0.25, -0.2) is 8.78 Å². The van der Waals surface area contributed by atoms with Gasteiger partial charge >= 0.3 is 0 Å². The summed E-state index contributed by atoms with van der Waals surface area (Å²) in [6.07, 6.45) is 5.08. The molecule has 0 N–H and O–H groups in total. The van der Waals surface area contributed by atoms with E-state index in [1.54, 1.807) is 6.92 Å². The molecule has 1 aromatic rings. The zero-order valence-corrected chi connectivity index (χ0v) is 6.64. The maximum atomic E-state index is 12.9. The van der Waals surface area contributed by atoms with Gasteiger partial charge in [0.25, 0.3) is 0 Å². The van der Waals surface area contributed by atoms with Crippen LogP contribution in [0.5, 0.6) is 0 Å². The number of benzene rings is 1. The van der Waals surface area contributed by atoms with E-state index in [0.717, 1.165) is 18.2 Å². The van der Waals surface area contributed by atoms with Crippen LogP contribution in [0.2, 0.25) is 0 Å². The van der Waals surface area contributed by atoms with E-state index in [-0.39, 0.29) is 11.5 Å². The van der Waals surface area contributed by atoms with Gasteiger partial charge in [0, 0.05) is 11.5 Å². The molecule has 0 nitrogen and oxygen atoms in total. The number of hydrogen-bond donors (Lipinski definition) is 0. The molecule has 1 unspecified atom stereocenters. The van der Waals surface area contributed by atoms with Crippen molar-refractivity contribution in [2.75, 3.05) is 0 Å². The maximum Gasteiger partial charge on any atom is 0.127 e. The molecule has 1 atom stereocenters. The minimum Gasteiger partial charge on any atom is -0.207 e. The molecular formula is C10H8F2. The first-order chi connectivity index (χ1) is 5.65. The van der Waals surface area contributed by atoms with Gasteiger partial charge in [-0.2, -0.15) is 0 Å². The van der Waals surface area contributed by atoms with E-state index >= 15 is 0 Å². The third-order valence-corrected chi connectivity index (χ3v) is 1.67. The Hall–Kier alpha value is -1.36. The van der Waals surface area contributed by atoms with Crippen LogP contribution in [0, 0.1) is 24.0 Å². The summed E-state index contributed by atoms with van der Waals surface area (Å²) in [7, 11) is 0. The van der Waals surface area contributed by atoms with Crippen LogP contribution < -0.4 is 0 Å². The lowest BCUT2D eigenvalue weighted by atomic mass is 10.0. The minimum absolute atomic E-state index is 0.234. The molecule has 0 aliphatic heterocycles. The molecule has 1 aromatic carbocycles. The minimum atomic E-state index is -0.464. The molecule has 12 heavy (non-hydrogen) atoms. The van der Waals surface area contributed by atoms with Crippen molar-refractivity contribution in [2.24, 2.45) is 0 Å². The summed E-state index contributed by atoms with van der Waals surface area (Å²) in [5, 5.41) is 0. The molecule has 62 valence electrons. The lowest BCUT2D eigenvalue weighted by Gasteiger charge is -2.05. The van der Waals surface area contributed by atoms with Crippen LogP contribution in [0.1, 0.15) is 18.4 Å². The summed E-state index contributed by atoms with van der Waals surface area (Å²) in [5.74, 6) is 1.03. The fraction of sp³-hybridized carbons (Fsp3) is 0.200. The van der Waals surface area contributed by atoms with Crippen LogP contribution in [0.3, 0.4) is 0 Å². The second kappa shape index (κ2) is 3.36. The summed E-state index contributed by atoms with van der Waals surface area (Å²) >= 11 is 0.